The second-order valence-corrected chi connectivity index (χ2v) is 4.56. The lowest BCUT2D eigenvalue weighted by molar-refractivity contribution is 0.415. The maximum Gasteiger partial charge on any atom is 0.138 e. The molecule has 0 fully saturated rings. The smallest absolute Gasteiger partial charge is 0.138 e. The summed E-state index contributed by atoms with van der Waals surface area (Å²) in [4.78, 5) is 17.0. The van der Waals surface area contributed by atoms with E-state index in [0.717, 1.165) is 34.0 Å². The van der Waals surface area contributed by atoms with Gasteiger partial charge in [0.25, 0.3) is 0 Å². The van der Waals surface area contributed by atoms with Crippen molar-refractivity contribution in [3.8, 4) is 5.75 Å². The summed E-state index contributed by atoms with van der Waals surface area (Å²) in [6.07, 6.45) is 3.25. The summed E-state index contributed by atoms with van der Waals surface area (Å²) in [6, 6.07) is 7.61. The van der Waals surface area contributed by atoms with Crippen molar-refractivity contribution in [3.05, 3.63) is 48.3 Å². The minimum atomic E-state index is 0.575. The lowest BCUT2D eigenvalue weighted by atomic mass is 10.2. The van der Waals surface area contributed by atoms with Crippen LogP contribution in [-0.2, 0) is 6.54 Å². The van der Waals surface area contributed by atoms with Gasteiger partial charge in [-0.2, -0.15) is 0 Å². The fraction of sp³-hybridized carbons (Fsp3) is 0.200. The van der Waals surface area contributed by atoms with Gasteiger partial charge in [-0.15, -0.1) is 0 Å². The number of hydrogen-bond acceptors (Lipinski definition) is 6. The number of hydrogen-bond donors (Lipinski definition) is 1. The Hall–Kier alpha value is -2.76. The van der Waals surface area contributed by atoms with Gasteiger partial charge >= 0.3 is 0 Å². The van der Waals surface area contributed by atoms with E-state index in [4.69, 9.17) is 4.74 Å². The zero-order valence-corrected chi connectivity index (χ0v) is 11.9. The predicted octanol–water partition coefficient (Wildman–Crippen LogP) is 2.35. The molecule has 2 aromatic heterocycles. The molecule has 0 saturated heterocycles. The van der Waals surface area contributed by atoms with Gasteiger partial charge in [0.2, 0.25) is 0 Å². The molecule has 0 radical (unpaired) electrons. The van der Waals surface area contributed by atoms with Crippen LogP contribution in [0.3, 0.4) is 0 Å². The predicted molar refractivity (Wildman–Crippen MR) is 80.2 cm³/mol. The number of methoxy groups -OCH3 is 1. The summed E-state index contributed by atoms with van der Waals surface area (Å²) in [7, 11) is 1.64. The molecule has 6 nitrogen and oxygen atoms in total. The molecule has 3 rings (SSSR count). The minimum Gasteiger partial charge on any atom is -0.497 e. The highest BCUT2D eigenvalue weighted by molar-refractivity contribution is 5.90. The average Bonchev–Trinajstić information content (AvgIpc) is 2.53. The fourth-order valence-corrected chi connectivity index (χ4v) is 2.08. The normalized spacial score (nSPS) is 10.6. The van der Waals surface area contributed by atoms with Gasteiger partial charge in [0.15, 0.2) is 0 Å². The van der Waals surface area contributed by atoms with Crippen LogP contribution in [0.2, 0.25) is 0 Å². The van der Waals surface area contributed by atoms with Crippen LogP contribution in [0.4, 0.5) is 5.82 Å². The lowest BCUT2D eigenvalue weighted by Gasteiger charge is -2.10. The van der Waals surface area contributed by atoms with Gasteiger partial charge in [0.1, 0.15) is 23.7 Å². The first kappa shape index (κ1) is 13.2. The van der Waals surface area contributed by atoms with Crippen LogP contribution < -0.4 is 10.1 Å². The maximum absolute atomic E-state index is 5.27. The van der Waals surface area contributed by atoms with Crippen molar-refractivity contribution in [1.82, 2.24) is 19.9 Å². The van der Waals surface area contributed by atoms with Crippen LogP contribution in [0, 0.1) is 6.92 Å². The third-order valence-corrected chi connectivity index (χ3v) is 3.09. The molecule has 1 N–H and O–H groups in total. The highest BCUT2D eigenvalue weighted by Gasteiger charge is 2.07. The van der Waals surface area contributed by atoms with Crippen LogP contribution in [0.15, 0.2) is 36.8 Å². The van der Waals surface area contributed by atoms with Gasteiger partial charge in [-0.05, 0) is 31.2 Å². The number of aryl methyl sites for hydroxylation is 1. The summed E-state index contributed by atoms with van der Waals surface area (Å²) >= 11 is 0. The molecule has 0 aliphatic heterocycles. The van der Waals surface area contributed by atoms with E-state index in [0.29, 0.717) is 6.54 Å². The van der Waals surface area contributed by atoms with Crippen molar-refractivity contribution in [2.75, 3.05) is 12.4 Å². The topological polar surface area (TPSA) is 72.8 Å². The first-order valence-corrected chi connectivity index (χ1v) is 6.57. The summed E-state index contributed by atoms with van der Waals surface area (Å²) in [5, 5.41) is 4.22. The molecule has 0 amide bonds. The van der Waals surface area contributed by atoms with Crippen molar-refractivity contribution in [3.63, 3.8) is 0 Å². The molecule has 0 aliphatic rings. The molecule has 0 bridgehead atoms. The number of aromatic nitrogens is 4. The Morgan fingerprint density at radius 3 is 2.86 bits per heavy atom. The quantitative estimate of drug-likeness (QED) is 0.791. The number of nitrogens with zero attached hydrogens (tertiary/aromatic N) is 4. The summed E-state index contributed by atoms with van der Waals surface area (Å²) in [5.74, 6) is 2.27. The fourth-order valence-electron chi connectivity index (χ4n) is 2.08. The van der Waals surface area contributed by atoms with Crippen molar-refractivity contribution < 1.29 is 4.74 Å². The standard InChI is InChI=1S/C15H15N5O/c1-10-19-14-4-3-12(21-2)7-13(14)15(20-10)17-8-11-5-6-16-9-18-11/h3-7,9H,8H2,1-2H3,(H,17,19,20). The highest BCUT2D eigenvalue weighted by Crippen LogP contribution is 2.25. The van der Waals surface area contributed by atoms with Crippen LogP contribution in [-0.4, -0.2) is 27.0 Å². The van der Waals surface area contributed by atoms with Gasteiger partial charge in [-0.1, -0.05) is 0 Å². The van der Waals surface area contributed by atoms with E-state index in [1.165, 1.54) is 6.33 Å². The number of anilines is 1. The molecule has 21 heavy (non-hydrogen) atoms. The van der Waals surface area contributed by atoms with Gasteiger partial charge < -0.3 is 10.1 Å². The van der Waals surface area contributed by atoms with Gasteiger partial charge in [-0.25, -0.2) is 19.9 Å². The number of ether oxygens (including phenoxy) is 1. The zero-order valence-electron chi connectivity index (χ0n) is 11.9. The maximum atomic E-state index is 5.27. The van der Waals surface area contributed by atoms with E-state index < -0.39 is 0 Å². The molecule has 0 aliphatic carbocycles. The first-order chi connectivity index (χ1) is 10.3. The Labute approximate surface area is 122 Å². The summed E-state index contributed by atoms with van der Waals surface area (Å²) in [5.41, 5.74) is 1.78. The lowest BCUT2D eigenvalue weighted by Crippen LogP contribution is -2.05. The average molecular weight is 281 g/mol. The van der Waals surface area contributed by atoms with Crippen LogP contribution in [0.1, 0.15) is 11.5 Å². The van der Waals surface area contributed by atoms with Crippen LogP contribution in [0.25, 0.3) is 10.9 Å². The minimum absolute atomic E-state index is 0.575. The second-order valence-electron chi connectivity index (χ2n) is 4.56. The number of rotatable bonds is 4. The third-order valence-electron chi connectivity index (χ3n) is 3.09. The van der Waals surface area contributed by atoms with E-state index in [2.05, 4.69) is 25.3 Å². The van der Waals surface area contributed by atoms with Gasteiger partial charge in [0.05, 0.1) is 24.9 Å². The molecular formula is C15H15N5O. The Balaban J connectivity index is 1.96. The number of fused-ring (bicyclic) bond motifs is 1. The molecule has 0 spiro atoms. The summed E-state index contributed by atoms with van der Waals surface area (Å²) < 4.78 is 5.27. The monoisotopic (exact) mass is 281 g/mol. The SMILES string of the molecule is COc1ccc2nc(C)nc(NCc3ccncn3)c2c1. The van der Waals surface area contributed by atoms with Gasteiger partial charge in [0, 0.05) is 11.6 Å². The Bertz CT molecular complexity index is 761. The molecule has 2 heterocycles. The van der Waals surface area contributed by atoms with Crippen molar-refractivity contribution in [2.24, 2.45) is 0 Å². The molecule has 106 valence electrons. The largest absolute Gasteiger partial charge is 0.497 e. The van der Waals surface area contributed by atoms with E-state index in [1.54, 1.807) is 13.3 Å². The zero-order chi connectivity index (χ0) is 14.7. The summed E-state index contributed by atoms with van der Waals surface area (Å²) in [6.45, 7) is 2.45. The Morgan fingerprint density at radius 1 is 1.19 bits per heavy atom. The molecule has 1 aromatic carbocycles. The first-order valence-electron chi connectivity index (χ1n) is 6.57. The van der Waals surface area contributed by atoms with E-state index in [9.17, 15) is 0 Å². The van der Waals surface area contributed by atoms with Gasteiger partial charge in [-0.3, -0.25) is 0 Å². The molecule has 6 heteroatoms. The number of benzene rings is 1. The van der Waals surface area contributed by atoms with Crippen LogP contribution in [0.5, 0.6) is 5.75 Å². The molecule has 0 saturated carbocycles. The van der Waals surface area contributed by atoms with E-state index in [1.807, 2.05) is 31.2 Å². The van der Waals surface area contributed by atoms with E-state index in [-0.39, 0.29) is 0 Å². The van der Waals surface area contributed by atoms with Crippen molar-refractivity contribution >= 4 is 16.7 Å². The highest BCUT2D eigenvalue weighted by atomic mass is 16.5. The Kier molecular flexibility index (Phi) is 3.59. The molecule has 0 unspecified atom stereocenters. The molecule has 3 aromatic rings. The van der Waals surface area contributed by atoms with Crippen molar-refractivity contribution in [2.45, 2.75) is 13.5 Å². The second kappa shape index (κ2) is 5.70. The molecular weight excluding hydrogens is 266 g/mol. The molecule has 0 atom stereocenters. The van der Waals surface area contributed by atoms with E-state index >= 15 is 0 Å². The Morgan fingerprint density at radius 2 is 2.10 bits per heavy atom. The number of nitrogens with one attached hydrogen (secondary N) is 1. The van der Waals surface area contributed by atoms with Crippen LogP contribution >= 0.6 is 0 Å². The van der Waals surface area contributed by atoms with Crippen molar-refractivity contribution in [1.29, 1.82) is 0 Å². The third kappa shape index (κ3) is 2.89.